The molecule has 1 aromatic heterocycles. The summed E-state index contributed by atoms with van der Waals surface area (Å²) in [5.41, 5.74) is 1.47. The van der Waals surface area contributed by atoms with Crippen LogP contribution in [0.2, 0.25) is 0 Å². The molecule has 0 bridgehead atoms. The Morgan fingerprint density at radius 2 is 2.00 bits per heavy atom. The van der Waals surface area contributed by atoms with Crippen LogP contribution in [0.3, 0.4) is 0 Å². The standard InChI is InChI=1S/C19H15BrN2O3/c20-13-5-6-15-14(11-13)17(23)7-8-21(15)12-19(24)22-9-10-25-18-4-2-1-3-16(18)22/h1-8,11H,9-10,12H2. The zero-order valence-electron chi connectivity index (χ0n) is 13.3. The molecule has 0 aliphatic carbocycles. The molecule has 2 heterocycles. The fourth-order valence-corrected chi connectivity index (χ4v) is 3.44. The number of hydrogen-bond acceptors (Lipinski definition) is 3. The summed E-state index contributed by atoms with van der Waals surface area (Å²) < 4.78 is 8.25. The number of rotatable bonds is 2. The molecule has 0 unspecified atom stereocenters. The summed E-state index contributed by atoms with van der Waals surface area (Å²) in [5, 5.41) is 0.590. The molecular weight excluding hydrogens is 384 g/mol. The summed E-state index contributed by atoms with van der Waals surface area (Å²) in [7, 11) is 0. The van der Waals surface area contributed by atoms with Crippen molar-refractivity contribution in [2.75, 3.05) is 18.1 Å². The van der Waals surface area contributed by atoms with Crippen molar-refractivity contribution in [2.45, 2.75) is 6.54 Å². The van der Waals surface area contributed by atoms with Crippen LogP contribution >= 0.6 is 15.9 Å². The van der Waals surface area contributed by atoms with Crippen molar-refractivity contribution < 1.29 is 9.53 Å². The van der Waals surface area contributed by atoms with Crippen LogP contribution in [-0.4, -0.2) is 23.6 Å². The minimum absolute atomic E-state index is 0.0383. The molecule has 0 fully saturated rings. The second-order valence-corrected chi connectivity index (χ2v) is 6.75. The van der Waals surface area contributed by atoms with Gasteiger partial charge < -0.3 is 14.2 Å². The zero-order valence-corrected chi connectivity index (χ0v) is 14.9. The van der Waals surface area contributed by atoms with Gasteiger partial charge in [0.25, 0.3) is 0 Å². The second-order valence-electron chi connectivity index (χ2n) is 5.83. The lowest BCUT2D eigenvalue weighted by atomic mass is 10.2. The number of halogens is 1. The van der Waals surface area contributed by atoms with Gasteiger partial charge in [0.05, 0.1) is 17.7 Å². The predicted octanol–water partition coefficient (Wildman–Crippen LogP) is 3.19. The van der Waals surface area contributed by atoms with E-state index in [1.165, 1.54) is 6.07 Å². The van der Waals surface area contributed by atoms with Gasteiger partial charge in [0.2, 0.25) is 5.91 Å². The van der Waals surface area contributed by atoms with Crippen molar-refractivity contribution in [3.8, 4) is 5.75 Å². The molecule has 0 radical (unpaired) electrons. The molecule has 0 saturated heterocycles. The lowest BCUT2D eigenvalue weighted by molar-refractivity contribution is -0.119. The van der Waals surface area contributed by atoms with Crippen molar-refractivity contribution in [1.29, 1.82) is 0 Å². The molecule has 0 saturated carbocycles. The molecule has 5 nitrogen and oxygen atoms in total. The van der Waals surface area contributed by atoms with E-state index < -0.39 is 0 Å². The number of ether oxygens (including phenoxy) is 1. The Morgan fingerprint density at radius 3 is 2.88 bits per heavy atom. The number of para-hydroxylation sites is 2. The Kier molecular flexibility index (Phi) is 4.05. The molecule has 0 N–H and O–H groups in total. The van der Waals surface area contributed by atoms with E-state index in [0.29, 0.717) is 18.5 Å². The van der Waals surface area contributed by atoms with Crippen LogP contribution in [0.1, 0.15) is 0 Å². The zero-order chi connectivity index (χ0) is 17.4. The number of aromatic nitrogens is 1. The van der Waals surface area contributed by atoms with Crippen molar-refractivity contribution >= 4 is 38.4 Å². The van der Waals surface area contributed by atoms with Gasteiger partial charge in [-0.3, -0.25) is 9.59 Å². The SMILES string of the molecule is O=C(Cn1ccc(=O)c2cc(Br)ccc21)N1CCOc2ccccc21. The molecular formula is C19H15BrN2O3. The molecule has 0 atom stereocenters. The number of fused-ring (bicyclic) bond motifs is 2. The first-order valence-electron chi connectivity index (χ1n) is 7.94. The molecule has 3 aromatic rings. The van der Waals surface area contributed by atoms with Crippen LogP contribution in [-0.2, 0) is 11.3 Å². The maximum atomic E-state index is 12.9. The van der Waals surface area contributed by atoms with Gasteiger partial charge in [-0.2, -0.15) is 0 Å². The van der Waals surface area contributed by atoms with Crippen molar-refractivity contribution in [1.82, 2.24) is 4.57 Å². The van der Waals surface area contributed by atoms with Crippen LogP contribution < -0.4 is 15.1 Å². The van der Waals surface area contributed by atoms with E-state index in [1.54, 1.807) is 17.2 Å². The number of amides is 1. The summed E-state index contributed by atoms with van der Waals surface area (Å²) in [4.78, 5) is 26.7. The quantitative estimate of drug-likeness (QED) is 0.665. The lowest BCUT2D eigenvalue weighted by Gasteiger charge is -2.29. The van der Waals surface area contributed by atoms with E-state index in [-0.39, 0.29) is 17.9 Å². The summed E-state index contributed by atoms with van der Waals surface area (Å²) >= 11 is 3.39. The largest absolute Gasteiger partial charge is 0.490 e. The molecule has 1 aliphatic rings. The highest BCUT2D eigenvalue weighted by atomic mass is 79.9. The first-order valence-corrected chi connectivity index (χ1v) is 8.74. The highest BCUT2D eigenvalue weighted by molar-refractivity contribution is 9.10. The minimum atomic E-state index is -0.0586. The van der Waals surface area contributed by atoms with Gasteiger partial charge in [0.15, 0.2) is 5.43 Å². The summed E-state index contributed by atoms with van der Waals surface area (Å²) in [6.45, 7) is 1.15. The molecule has 25 heavy (non-hydrogen) atoms. The molecule has 0 spiro atoms. The Balaban J connectivity index is 1.70. The second kappa shape index (κ2) is 6.37. The van der Waals surface area contributed by atoms with Crippen LogP contribution in [0.5, 0.6) is 5.75 Å². The summed E-state index contributed by atoms with van der Waals surface area (Å²) in [6, 6.07) is 14.5. The monoisotopic (exact) mass is 398 g/mol. The topological polar surface area (TPSA) is 51.5 Å². The smallest absolute Gasteiger partial charge is 0.247 e. The number of hydrogen-bond donors (Lipinski definition) is 0. The highest BCUT2D eigenvalue weighted by Crippen LogP contribution is 2.31. The van der Waals surface area contributed by atoms with E-state index in [0.717, 1.165) is 21.4 Å². The van der Waals surface area contributed by atoms with Gasteiger partial charge in [-0.05, 0) is 30.3 Å². The third kappa shape index (κ3) is 2.93. The Bertz CT molecular complexity index is 1030. The first kappa shape index (κ1) is 15.9. The number of carbonyl (C=O) groups is 1. The third-order valence-electron chi connectivity index (χ3n) is 4.27. The molecule has 1 aliphatic heterocycles. The number of anilines is 1. The van der Waals surface area contributed by atoms with Crippen LogP contribution in [0.4, 0.5) is 5.69 Å². The maximum absolute atomic E-state index is 12.9. The van der Waals surface area contributed by atoms with Gasteiger partial charge in [-0.1, -0.05) is 28.1 Å². The van der Waals surface area contributed by atoms with Gasteiger partial charge in [0, 0.05) is 22.1 Å². The fourth-order valence-electron chi connectivity index (χ4n) is 3.08. The average molecular weight is 399 g/mol. The first-order chi connectivity index (χ1) is 12.1. The van der Waals surface area contributed by atoms with Gasteiger partial charge in [-0.25, -0.2) is 0 Å². The van der Waals surface area contributed by atoms with Gasteiger partial charge in [0.1, 0.15) is 18.9 Å². The predicted molar refractivity (Wildman–Crippen MR) is 100 cm³/mol. The van der Waals surface area contributed by atoms with E-state index in [9.17, 15) is 9.59 Å². The van der Waals surface area contributed by atoms with Crippen LogP contribution in [0, 0.1) is 0 Å². The summed E-state index contributed by atoms with van der Waals surface area (Å²) in [5.74, 6) is 0.680. The van der Waals surface area contributed by atoms with Gasteiger partial charge >= 0.3 is 0 Å². The molecule has 2 aromatic carbocycles. The number of nitrogens with zero attached hydrogens (tertiary/aromatic N) is 2. The normalized spacial score (nSPS) is 13.4. The molecule has 1 amide bonds. The molecule has 126 valence electrons. The van der Waals surface area contributed by atoms with Crippen molar-refractivity contribution in [2.24, 2.45) is 0 Å². The highest BCUT2D eigenvalue weighted by Gasteiger charge is 2.23. The Hall–Kier alpha value is -2.60. The van der Waals surface area contributed by atoms with Gasteiger partial charge in [-0.15, -0.1) is 0 Å². The van der Waals surface area contributed by atoms with E-state index >= 15 is 0 Å². The van der Waals surface area contributed by atoms with E-state index in [4.69, 9.17) is 4.74 Å². The average Bonchev–Trinajstić information content (AvgIpc) is 2.63. The number of benzene rings is 2. The Labute approximate surface area is 152 Å². The maximum Gasteiger partial charge on any atom is 0.247 e. The van der Waals surface area contributed by atoms with Crippen molar-refractivity contribution in [3.63, 3.8) is 0 Å². The summed E-state index contributed by atoms with van der Waals surface area (Å²) in [6.07, 6.45) is 1.67. The number of carbonyl (C=O) groups excluding carboxylic acids is 1. The van der Waals surface area contributed by atoms with E-state index in [1.807, 2.05) is 41.0 Å². The third-order valence-corrected chi connectivity index (χ3v) is 4.77. The molecule has 6 heteroatoms. The minimum Gasteiger partial charge on any atom is -0.490 e. The fraction of sp³-hybridized carbons (Fsp3) is 0.158. The lowest BCUT2D eigenvalue weighted by Crippen LogP contribution is -2.40. The number of pyridine rings is 1. The molecule has 4 rings (SSSR count). The van der Waals surface area contributed by atoms with Crippen LogP contribution in [0.25, 0.3) is 10.9 Å². The van der Waals surface area contributed by atoms with Crippen molar-refractivity contribution in [3.05, 3.63) is 69.4 Å². The Morgan fingerprint density at radius 1 is 1.16 bits per heavy atom. The van der Waals surface area contributed by atoms with E-state index in [2.05, 4.69) is 15.9 Å². The van der Waals surface area contributed by atoms with Crippen LogP contribution in [0.15, 0.2) is 64.0 Å².